The van der Waals surface area contributed by atoms with Crippen LogP contribution in [0, 0.1) is 0 Å². The molecule has 0 atom stereocenters. The van der Waals surface area contributed by atoms with Gasteiger partial charge in [-0.1, -0.05) is 76.6 Å². The number of benzene rings is 3. The van der Waals surface area contributed by atoms with E-state index in [1.54, 1.807) is 0 Å². The lowest BCUT2D eigenvalue weighted by molar-refractivity contribution is 0.592. The molecule has 0 amide bonds. The molecule has 4 heteroatoms. The minimum atomic E-state index is -2.82. The van der Waals surface area contributed by atoms with E-state index in [0.29, 0.717) is 0 Å². The van der Waals surface area contributed by atoms with Gasteiger partial charge in [0.15, 0.2) is 7.14 Å². The van der Waals surface area contributed by atoms with Gasteiger partial charge in [-0.2, -0.15) is 0 Å². The van der Waals surface area contributed by atoms with Crippen molar-refractivity contribution in [3.05, 3.63) is 89.4 Å². The van der Waals surface area contributed by atoms with Gasteiger partial charge in [-0.25, -0.2) is 0 Å². The minimum Gasteiger partial charge on any atom is -0.309 e. The Labute approximate surface area is 155 Å². The van der Waals surface area contributed by atoms with Crippen LogP contribution in [-0.4, -0.2) is 23.1 Å². The van der Waals surface area contributed by atoms with Gasteiger partial charge >= 0.3 is 23.1 Å². The first-order valence-electron chi connectivity index (χ1n) is 6.69. The van der Waals surface area contributed by atoms with Crippen molar-refractivity contribution in [2.24, 2.45) is 0 Å². The summed E-state index contributed by atoms with van der Waals surface area (Å²) in [5.74, 6) is 0. The van der Waals surface area contributed by atoms with Gasteiger partial charge in [-0.15, -0.1) is 0 Å². The lowest BCUT2D eigenvalue weighted by atomic mass is 10.4. The lowest BCUT2D eigenvalue weighted by Crippen LogP contribution is -2.24. The van der Waals surface area contributed by atoms with Crippen LogP contribution >= 0.6 is 23.1 Å². The Balaban J connectivity index is 0.00000176. The third kappa shape index (κ3) is 3.38. The Hall–Kier alpha value is -0.864. The maximum absolute atomic E-state index is 13.9. The summed E-state index contributed by atoms with van der Waals surface area (Å²) in [4.78, 5) is 0. The van der Waals surface area contributed by atoms with E-state index in [1.165, 1.54) is 0 Å². The summed E-state index contributed by atoms with van der Waals surface area (Å²) < 4.78 is 14.9. The van der Waals surface area contributed by atoms with Gasteiger partial charge in [0, 0.05) is 20.4 Å². The zero-order chi connectivity index (χ0) is 14.7. The van der Waals surface area contributed by atoms with Gasteiger partial charge in [-0.05, 0) is 24.3 Å². The Kier molecular flexibility index (Phi) is 6.05. The zero-order valence-corrected chi connectivity index (χ0v) is 13.8. The summed E-state index contributed by atoms with van der Waals surface area (Å²) >= 11 is 3.43. The lowest BCUT2D eigenvalue weighted by Gasteiger charge is -2.19. The highest BCUT2D eigenvalue weighted by Crippen LogP contribution is 2.42. The molecule has 0 aliphatic heterocycles. The van der Waals surface area contributed by atoms with Gasteiger partial charge in [0.2, 0.25) is 0 Å². The van der Waals surface area contributed by atoms with Crippen LogP contribution in [0.25, 0.3) is 0 Å². The van der Waals surface area contributed by atoms with Crippen molar-refractivity contribution in [1.29, 1.82) is 0 Å². The maximum Gasteiger partial charge on any atom is 0.316 e. The second-order valence-electron chi connectivity index (χ2n) is 4.76. The van der Waals surface area contributed by atoms with E-state index >= 15 is 0 Å². The van der Waals surface area contributed by atoms with Gasteiger partial charge < -0.3 is 4.57 Å². The fraction of sp³-hybridized carbons (Fsp3) is 0. The molecule has 22 heavy (non-hydrogen) atoms. The minimum absolute atomic E-state index is 0. The van der Waals surface area contributed by atoms with Crippen LogP contribution in [-0.2, 0) is 4.57 Å². The predicted octanol–water partition coefficient (Wildman–Crippen LogP) is 3.17. The molecular weight excluding hydrogens is 367 g/mol. The average Bonchev–Trinajstić information content (AvgIpc) is 2.56. The molecule has 0 fully saturated rings. The Bertz CT molecular complexity index is 730. The summed E-state index contributed by atoms with van der Waals surface area (Å²) in [5, 5.41) is 2.57. The maximum atomic E-state index is 13.9. The highest BCUT2D eigenvalue weighted by molar-refractivity contribution is 9.10. The third-order valence-electron chi connectivity index (χ3n) is 3.43. The van der Waals surface area contributed by atoms with Crippen LogP contribution in [0.2, 0.25) is 0 Å². The normalized spacial score (nSPS) is 10.8. The highest BCUT2D eigenvalue weighted by Gasteiger charge is 2.29. The SMILES string of the molecule is O=P(c1ccccc1)(c1ccccc1)c1ccc(Br)cc1.[MgH2]. The van der Waals surface area contributed by atoms with Gasteiger partial charge in [0.25, 0.3) is 0 Å². The number of halogens is 1. The third-order valence-corrected chi connectivity index (χ3v) is 7.03. The van der Waals surface area contributed by atoms with Gasteiger partial charge in [0.05, 0.1) is 0 Å². The molecular formula is C18H16BrMgOP. The molecule has 108 valence electrons. The predicted molar refractivity (Wildman–Crippen MR) is 102 cm³/mol. The van der Waals surface area contributed by atoms with Crippen LogP contribution in [0.15, 0.2) is 89.4 Å². The van der Waals surface area contributed by atoms with Gasteiger partial charge in [0.1, 0.15) is 0 Å². The van der Waals surface area contributed by atoms with E-state index < -0.39 is 7.14 Å². The van der Waals surface area contributed by atoms with Gasteiger partial charge in [-0.3, -0.25) is 0 Å². The van der Waals surface area contributed by atoms with Crippen molar-refractivity contribution < 1.29 is 4.57 Å². The van der Waals surface area contributed by atoms with Crippen LogP contribution in [0.5, 0.6) is 0 Å². The fourth-order valence-electron chi connectivity index (χ4n) is 2.37. The van der Waals surface area contributed by atoms with Crippen molar-refractivity contribution in [1.82, 2.24) is 0 Å². The van der Waals surface area contributed by atoms with Crippen molar-refractivity contribution >= 4 is 62.0 Å². The number of rotatable bonds is 3. The molecule has 0 radical (unpaired) electrons. The van der Waals surface area contributed by atoms with E-state index in [-0.39, 0.29) is 23.1 Å². The van der Waals surface area contributed by atoms with E-state index in [2.05, 4.69) is 15.9 Å². The number of hydrogen-bond acceptors (Lipinski definition) is 1. The van der Waals surface area contributed by atoms with Crippen LogP contribution < -0.4 is 15.9 Å². The van der Waals surface area contributed by atoms with E-state index in [1.807, 2.05) is 84.9 Å². The smallest absolute Gasteiger partial charge is 0.309 e. The van der Waals surface area contributed by atoms with Crippen molar-refractivity contribution in [3.8, 4) is 0 Å². The molecule has 0 aliphatic rings. The first kappa shape index (κ1) is 17.5. The van der Waals surface area contributed by atoms with E-state index in [9.17, 15) is 4.57 Å². The second kappa shape index (κ2) is 7.61. The highest BCUT2D eigenvalue weighted by atomic mass is 79.9. The summed E-state index contributed by atoms with van der Waals surface area (Å²) in [6.07, 6.45) is 0. The first-order valence-corrected chi connectivity index (χ1v) is 9.18. The standard InChI is InChI=1S/C18H14BrOP.Mg.2H/c19-15-11-13-18(14-12-15)21(20,16-7-3-1-4-8-16)17-9-5-2-6-10-17;;;/h1-14H;;;. The Morgan fingerprint density at radius 3 is 1.36 bits per heavy atom. The molecule has 0 aliphatic carbocycles. The summed E-state index contributed by atoms with van der Waals surface area (Å²) in [6, 6.07) is 27.1. The summed E-state index contributed by atoms with van der Waals surface area (Å²) in [5.41, 5.74) is 0. The van der Waals surface area contributed by atoms with E-state index in [0.717, 1.165) is 20.4 Å². The molecule has 0 aromatic heterocycles. The molecule has 0 unspecified atom stereocenters. The topological polar surface area (TPSA) is 17.1 Å². The van der Waals surface area contributed by atoms with Crippen molar-refractivity contribution in [2.45, 2.75) is 0 Å². The molecule has 0 saturated heterocycles. The Morgan fingerprint density at radius 2 is 0.955 bits per heavy atom. The van der Waals surface area contributed by atoms with Crippen LogP contribution in [0.4, 0.5) is 0 Å². The molecule has 1 nitrogen and oxygen atoms in total. The summed E-state index contributed by atoms with van der Waals surface area (Å²) in [6.45, 7) is 0. The van der Waals surface area contributed by atoms with E-state index in [4.69, 9.17) is 0 Å². The van der Waals surface area contributed by atoms with Crippen LogP contribution in [0.1, 0.15) is 0 Å². The molecule has 0 spiro atoms. The first-order chi connectivity index (χ1) is 10.2. The summed E-state index contributed by atoms with van der Waals surface area (Å²) in [7, 11) is -2.82. The molecule has 3 aromatic rings. The fourth-order valence-corrected chi connectivity index (χ4v) is 5.29. The number of hydrogen-bond donors (Lipinski definition) is 0. The van der Waals surface area contributed by atoms with Crippen molar-refractivity contribution in [3.63, 3.8) is 0 Å². The monoisotopic (exact) mass is 382 g/mol. The quantitative estimate of drug-likeness (QED) is 0.502. The molecule has 0 heterocycles. The Morgan fingerprint density at radius 1 is 0.591 bits per heavy atom. The second-order valence-corrected chi connectivity index (χ2v) is 8.44. The molecule has 3 aromatic carbocycles. The largest absolute Gasteiger partial charge is 0.316 e. The molecule has 0 bridgehead atoms. The molecule has 0 saturated carbocycles. The van der Waals surface area contributed by atoms with Crippen LogP contribution in [0.3, 0.4) is 0 Å². The zero-order valence-electron chi connectivity index (χ0n) is 11.3. The molecule has 0 N–H and O–H groups in total. The molecule has 3 rings (SSSR count). The van der Waals surface area contributed by atoms with Crippen molar-refractivity contribution in [2.75, 3.05) is 0 Å². The average molecular weight is 384 g/mol.